The minimum atomic E-state index is -0.160. The highest BCUT2D eigenvalue weighted by atomic mass is 35.5. The Morgan fingerprint density at radius 2 is 1.55 bits per heavy atom. The van der Waals surface area contributed by atoms with E-state index in [1.165, 1.54) is 5.56 Å². The lowest BCUT2D eigenvalue weighted by molar-refractivity contribution is 0.0862. The summed E-state index contributed by atoms with van der Waals surface area (Å²) < 4.78 is 13.1. The quantitative estimate of drug-likeness (QED) is 0.893. The second kappa shape index (κ2) is 8.18. The van der Waals surface area contributed by atoms with Crippen molar-refractivity contribution in [3.8, 4) is 0 Å². The SMILES string of the molecule is CC(C)(C)[C@H](c1ccc(F)cc1)N1CCNCC1.Cl.Cl. The van der Waals surface area contributed by atoms with Crippen molar-refractivity contribution in [3.05, 3.63) is 35.6 Å². The molecule has 1 aromatic carbocycles. The highest BCUT2D eigenvalue weighted by molar-refractivity contribution is 5.85. The number of rotatable bonds is 2. The summed E-state index contributed by atoms with van der Waals surface area (Å²) in [5.41, 5.74) is 1.36. The van der Waals surface area contributed by atoms with Gasteiger partial charge in [-0.3, -0.25) is 4.90 Å². The average Bonchev–Trinajstić information content (AvgIpc) is 2.32. The monoisotopic (exact) mass is 322 g/mol. The normalized spacial score (nSPS) is 17.8. The smallest absolute Gasteiger partial charge is 0.123 e. The topological polar surface area (TPSA) is 15.3 Å². The van der Waals surface area contributed by atoms with Gasteiger partial charge in [-0.2, -0.15) is 0 Å². The van der Waals surface area contributed by atoms with Gasteiger partial charge in [0.15, 0.2) is 0 Å². The van der Waals surface area contributed by atoms with Crippen molar-refractivity contribution in [2.75, 3.05) is 26.2 Å². The zero-order chi connectivity index (χ0) is 13.2. The van der Waals surface area contributed by atoms with Crippen molar-refractivity contribution in [2.24, 2.45) is 5.41 Å². The van der Waals surface area contributed by atoms with Crippen LogP contribution in [0.2, 0.25) is 0 Å². The van der Waals surface area contributed by atoms with Crippen molar-refractivity contribution in [1.29, 1.82) is 0 Å². The second-order valence-corrected chi connectivity index (χ2v) is 6.11. The molecule has 1 fully saturated rings. The Morgan fingerprint density at radius 1 is 1.05 bits per heavy atom. The van der Waals surface area contributed by atoms with E-state index in [1.807, 2.05) is 12.1 Å². The van der Waals surface area contributed by atoms with Crippen LogP contribution in [0, 0.1) is 11.2 Å². The summed E-state index contributed by atoms with van der Waals surface area (Å²) in [5.74, 6) is -0.160. The first kappa shape index (κ1) is 19.7. The van der Waals surface area contributed by atoms with E-state index in [-0.39, 0.29) is 36.0 Å². The molecule has 1 N–H and O–H groups in total. The second-order valence-electron chi connectivity index (χ2n) is 6.11. The zero-order valence-corrected chi connectivity index (χ0v) is 14.0. The summed E-state index contributed by atoms with van der Waals surface area (Å²) in [6, 6.07) is 7.33. The van der Waals surface area contributed by atoms with E-state index in [0.717, 1.165) is 26.2 Å². The maximum Gasteiger partial charge on any atom is 0.123 e. The van der Waals surface area contributed by atoms with Crippen LogP contribution < -0.4 is 5.32 Å². The van der Waals surface area contributed by atoms with Gasteiger partial charge in [-0.15, -0.1) is 24.8 Å². The summed E-state index contributed by atoms with van der Waals surface area (Å²) in [4.78, 5) is 2.50. The lowest BCUT2D eigenvalue weighted by Crippen LogP contribution is -2.48. The predicted octanol–water partition coefficient (Wildman–Crippen LogP) is 3.66. The number of piperazine rings is 1. The molecule has 0 aliphatic carbocycles. The van der Waals surface area contributed by atoms with Gasteiger partial charge >= 0.3 is 0 Å². The number of hydrogen-bond donors (Lipinski definition) is 1. The van der Waals surface area contributed by atoms with Gasteiger partial charge in [0.05, 0.1) is 0 Å². The molecule has 1 aliphatic rings. The highest BCUT2D eigenvalue weighted by Crippen LogP contribution is 2.38. The van der Waals surface area contributed by atoms with E-state index in [9.17, 15) is 4.39 Å². The van der Waals surface area contributed by atoms with Crippen LogP contribution in [0.3, 0.4) is 0 Å². The molecule has 1 saturated heterocycles. The first-order valence-corrected chi connectivity index (χ1v) is 6.69. The number of halogens is 3. The van der Waals surface area contributed by atoms with Gasteiger partial charge in [0.25, 0.3) is 0 Å². The van der Waals surface area contributed by atoms with Crippen LogP contribution >= 0.6 is 24.8 Å². The van der Waals surface area contributed by atoms with E-state index >= 15 is 0 Å². The maximum atomic E-state index is 13.1. The Balaban J connectivity index is 0.00000180. The van der Waals surface area contributed by atoms with Gasteiger partial charge in [-0.1, -0.05) is 32.9 Å². The minimum absolute atomic E-state index is 0. The van der Waals surface area contributed by atoms with Crippen molar-refractivity contribution in [1.82, 2.24) is 10.2 Å². The number of benzene rings is 1. The lowest BCUT2D eigenvalue weighted by Gasteiger charge is -2.42. The molecule has 2 nitrogen and oxygen atoms in total. The number of hydrogen-bond acceptors (Lipinski definition) is 2. The summed E-state index contributed by atoms with van der Waals surface area (Å²) in [6.45, 7) is 10.9. The van der Waals surface area contributed by atoms with Crippen molar-refractivity contribution >= 4 is 24.8 Å². The minimum Gasteiger partial charge on any atom is -0.314 e. The fourth-order valence-electron chi connectivity index (χ4n) is 2.84. The first-order valence-electron chi connectivity index (χ1n) is 6.69. The van der Waals surface area contributed by atoms with Gasteiger partial charge in [0, 0.05) is 32.2 Å². The Morgan fingerprint density at radius 3 is 2.00 bits per heavy atom. The molecule has 20 heavy (non-hydrogen) atoms. The summed E-state index contributed by atoms with van der Waals surface area (Å²) >= 11 is 0. The van der Waals surface area contributed by atoms with E-state index < -0.39 is 0 Å². The molecule has 1 aromatic rings. The molecule has 116 valence electrons. The van der Waals surface area contributed by atoms with E-state index in [2.05, 4.69) is 31.0 Å². The third-order valence-corrected chi connectivity index (χ3v) is 3.52. The van der Waals surface area contributed by atoms with Crippen LogP contribution in [0.25, 0.3) is 0 Å². The Hall–Kier alpha value is -0.350. The third kappa shape index (κ3) is 4.88. The molecule has 5 heteroatoms. The van der Waals surface area contributed by atoms with Crippen LogP contribution in [0.4, 0.5) is 4.39 Å². The van der Waals surface area contributed by atoms with E-state index in [1.54, 1.807) is 12.1 Å². The van der Waals surface area contributed by atoms with Crippen LogP contribution in [-0.2, 0) is 0 Å². The van der Waals surface area contributed by atoms with Crippen LogP contribution in [0.15, 0.2) is 24.3 Å². The third-order valence-electron chi connectivity index (χ3n) is 3.52. The molecule has 1 heterocycles. The van der Waals surface area contributed by atoms with E-state index in [4.69, 9.17) is 0 Å². The first-order chi connectivity index (χ1) is 8.48. The van der Waals surface area contributed by atoms with Crippen molar-refractivity contribution in [3.63, 3.8) is 0 Å². The molecule has 0 unspecified atom stereocenters. The molecular weight excluding hydrogens is 298 g/mol. The van der Waals surface area contributed by atoms with Gasteiger partial charge in [0.2, 0.25) is 0 Å². The van der Waals surface area contributed by atoms with Crippen molar-refractivity contribution < 1.29 is 4.39 Å². The van der Waals surface area contributed by atoms with Gasteiger partial charge in [-0.05, 0) is 23.1 Å². The molecule has 1 atom stereocenters. The maximum absolute atomic E-state index is 13.1. The average molecular weight is 323 g/mol. The molecule has 0 saturated carbocycles. The van der Waals surface area contributed by atoms with Crippen LogP contribution in [0.1, 0.15) is 32.4 Å². The molecule has 0 amide bonds. The lowest BCUT2D eigenvalue weighted by atomic mass is 9.81. The Bertz CT molecular complexity index is 384. The zero-order valence-electron chi connectivity index (χ0n) is 12.4. The van der Waals surface area contributed by atoms with Gasteiger partial charge < -0.3 is 5.32 Å². The van der Waals surface area contributed by atoms with Gasteiger partial charge in [0.1, 0.15) is 5.82 Å². The Kier molecular flexibility index (Phi) is 8.04. The molecule has 0 aromatic heterocycles. The van der Waals surface area contributed by atoms with Gasteiger partial charge in [-0.25, -0.2) is 4.39 Å². The standard InChI is InChI=1S/C15H23FN2.2ClH/c1-15(2,3)14(18-10-8-17-9-11-18)12-4-6-13(16)7-5-12;;/h4-7,14,17H,8-11H2,1-3H3;2*1H/t14-;;/m0../s1. The molecule has 0 radical (unpaired) electrons. The summed E-state index contributed by atoms with van der Waals surface area (Å²) in [5, 5.41) is 3.38. The molecule has 0 spiro atoms. The largest absolute Gasteiger partial charge is 0.314 e. The summed E-state index contributed by atoms with van der Waals surface area (Å²) in [6.07, 6.45) is 0. The molecule has 1 aliphatic heterocycles. The Labute approximate surface area is 133 Å². The summed E-state index contributed by atoms with van der Waals surface area (Å²) in [7, 11) is 0. The molecule has 2 rings (SSSR count). The number of nitrogens with one attached hydrogen (secondary N) is 1. The molecule has 0 bridgehead atoms. The van der Waals surface area contributed by atoms with Crippen LogP contribution in [-0.4, -0.2) is 31.1 Å². The fraction of sp³-hybridized carbons (Fsp3) is 0.600. The van der Waals surface area contributed by atoms with E-state index in [0.29, 0.717) is 6.04 Å². The van der Waals surface area contributed by atoms with Crippen molar-refractivity contribution in [2.45, 2.75) is 26.8 Å². The predicted molar refractivity (Wildman–Crippen MR) is 87.5 cm³/mol. The highest BCUT2D eigenvalue weighted by Gasteiger charge is 2.32. The fourth-order valence-corrected chi connectivity index (χ4v) is 2.84. The van der Waals surface area contributed by atoms with Crippen LogP contribution in [0.5, 0.6) is 0 Å². The number of nitrogens with zero attached hydrogens (tertiary/aromatic N) is 1. The molecular formula is C15H25Cl2FN2.